The van der Waals surface area contributed by atoms with E-state index in [0.717, 1.165) is 25.7 Å². The Morgan fingerprint density at radius 3 is 2.59 bits per heavy atom. The lowest BCUT2D eigenvalue weighted by Crippen LogP contribution is -2.48. The molecule has 1 aromatic rings. The Morgan fingerprint density at radius 2 is 2.00 bits per heavy atom. The standard InChI is InChI=1S/C19H25N3O5/c23-16(13-3-4-13)22-12-19(10-15(22)17(24)25)5-7-21(8-6-19)18(26)20-11-14-2-1-9-27-14/h1-2,9,13,15H,3-8,10-12H2,(H,20,26)(H,24,25)/t15-/m0/s1. The van der Waals surface area contributed by atoms with Gasteiger partial charge in [-0.05, 0) is 49.7 Å². The van der Waals surface area contributed by atoms with E-state index in [-0.39, 0.29) is 23.3 Å². The molecule has 1 atom stereocenters. The number of amides is 3. The Hall–Kier alpha value is -2.51. The fourth-order valence-electron chi connectivity index (χ4n) is 4.31. The number of carboxylic acid groups (broad SMARTS) is 1. The third-order valence-corrected chi connectivity index (χ3v) is 6.11. The molecule has 0 aromatic carbocycles. The van der Waals surface area contributed by atoms with Crippen molar-refractivity contribution >= 4 is 17.9 Å². The van der Waals surface area contributed by atoms with Crippen LogP contribution in [0, 0.1) is 11.3 Å². The molecule has 3 amide bonds. The SMILES string of the molecule is O=C(O)[C@@H]1CC2(CCN(C(=O)NCc3ccco3)CC2)CN1C(=O)C1CC1. The molecule has 4 rings (SSSR count). The average Bonchev–Trinajstić information content (AvgIpc) is 3.25. The molecule has 0 unspecified atom stereocenters. The normalized spacial score (nSPS) is 24.2. The minimum atomic E-state index is -0.917. The maximum Gasteiger partial charge on any atom is 0.326 e. The van der Waals surface area contributed by atoms with Crippen molar-refractivity contribution in [2.45, 2.75) is 44.7 Å². The summed E-state index contributed by atoms with van der Waals surface area (Å²) in [7, 11) is 0. The Labute approximate surface area is 157 Å². The molecule has 3 heterocycles. The first kappa shape index (κ1) is 17.9. The minimum Gasteiger partial charge on any atom is -0.480 e. The number of nitrogens with one attached hydrogen (secondary N) is 1. The van der Waals surface area contributed by atoms with Crippen LogP contribution in [0.15, 0.2) is 22.8 Å². The van der Waals surface area contributed by atoms with Gasteiger partial charge in [-0.2, -0.15) is 0 Å². The number of hydrogen-bond donors (Lipinski definition) is 2. The molecular formula is C19H25N3O5. The highest BCUT2D eigenvalue weighted by molar-refractivity contribution is 5.87. The largest absolute Gasteiger partial charge is 0.480 e. The summed E-state index contributed by atoms with van der Waals surface area (Å²) in [5.74, 6) is -0.196. The molecule has 3 aliphatic rings. The van der Waals surface area contributed by atoms with Gasteiger partial charge in [0.25, 0.3) is 0 Å². The van der Waals surface area contributed by atoms with E-state index in [0.29, 0.717) is 38.4 Å². The van der Waals surface area contributed by atoms with E-state index in [1.54, 1.807) is 22.1 Å². The molecule has 3 fully saturated rings. The summed E-state index contributed by atoms with van der Waals surface area (Å²) in [4.78, 5) is 39.9. The predicted octanol–water partition coefficient (Wildman–Crippen LogP) is 1.67. The average molecular weight is 375 g/mol. The van der Waals surface area contributed by atoms with Gasteiger partial charge in [-0.3, -0.25) is 4.79 Å². The number of likely N-dealkylation sites (tertiary alicyclic amines) is 2. The number of hydrogen-bond acceptors (Lipinski definition) is 4. The number of urea groups is 1. The second-order valence-electron chi connectivity index (χ2n) is 8.02. The van der Waals surface area contributed by atoms with E-state index in [9.17, 15) is 19.5 Å². The van der Waals surface area contributed by atoms with Crippen LogP contribution in [-0.2, 0) is 16.1 Å². The molecule has 2 aliphatic heterocycles. The molecule has 1 saturated carbocycles. The molecule has 2 saturated heterocycles. The molecule has 1 aromatic heterocycles. The Morgan fingerprint density at radius 1 is 1.26 bits per heavy atom. The van der Waals surface area contributed by atoms with Gasteiger partial charge in [0.05, 0.1) is 12.8 Å². The highest BCUT2D eigenvalue weighted by Crippen LogP contribution is 2.45. The Kier molecular flexibility index (Phi) is 4.57. The van der Waals surface area contributed by atoms with Crippen molar-refractivity contribution < 1.29 is 23.9 Å². The van der Waals surface area contributed by atoms with Gasteiger partial charge in [0.1, 0.15) is 11.8 Å². The van der Waals surface area contributed by atoms with Crippen molar-refractivity contribution in [3.63, 3.8) is 0 Å². The van der Waals surface area contributed by atoms with E-state index in [1.165, 1.54) is 0 Å². The molecule has 8 heteroatoms. The number of nitrogens with zero attached hydrogens (tertiary/aromatic N) is 2. The van der Waals surface area contributed by atoms with E-state index in [1.807, 2.05) is 6.07 Å². The minimum absolute atomic E-state index is 0.00195. The van der Waals surface area contributed by atoms with E-state index >= 15 is 0 Å². The first-order chi connectivity index (χ1) is 13.0. The third kappa shape index (κ3) is 3.65. The molecule has 1 spiro atoms. The summed E-state index contributed by atoms with van der Waals surface area (Å²) in [6, 6.07) is 2.72. The van der Waals surface area contributed by atoms with Crippen LogP contribution in [0.3, 0.4) is 0 Å². The number of carboxylic acids is 1. The van der Waals surface area contributed by atoms with Crippen molar-refractivity contribution in [2.24, 2.45) is 11.3 Å². The summed E-state index contributed by atoms with van der Waals surface area (Å²) in [5, 5.41) is 12.4. The van der Waals surface area contributed by atoms with Crippen molar-refractivity contribution in [2.75, 3.05) is 19.6 Å². The van der Waals surface area contributed by atoms with Crippen LogP contribution in [-0.4, -0.2) is 58.5 Å². The lowest BCUT2D eigenvalue weighted by Gasteiger charge is -2.39. The maximum absolute atomic E-state index is 12.5. The monoisotopic (exact) mass is 375 g/mol. The zero-order valence-corrected chi connectivity index (χ0v) is 15.2. The molecule has 2 N–H and O–H groups in total. The Balaban J connectivity index is 1.34. The van der Waals surface area contributed by atoms with Crippen molar-refractivity contribution in [3.05, 3.63) is 24.2 Å². The van der Waals surface area contributed by atoms with Crippen molar-refractivity contribution in [3.8, 4) is 0 Å². The quantitative estimate of drug-likeness (QED) is 0.833. The lowest BCUT2D eigenvalue weighted by molar-refractivity contribution is -0.148. The van der Waals surface area contributed by atoms with Crippen LogP contribution in [0.2, 0.25) is 0 Å². The first-order valence-corrected chi connectivity index (χ1v) is 9.56. The molecular weight excluding hydrogens is 350 g/mol. The first-order valence-electron chi connectivity index (χ1n) is 9.56. The molecule has 146 valence electrons. The van der Waals surface area contributed by atoms with E-state index < -0.39 is 12.0 Å². The van der Waals surface area contributed by atoms with E-state index in [4.69, 9.17) is 4.42 Å². The van der Waals surface area contributed by atoms with Crippen molar-refractivity contribution in [1.29, 1.82) is 0 Å². The fourth-order valence-corrected chi connectivity index (χ4v) is 4.31. The van der Waals surface area contributed by atoms with Gasteiger partial charge < -0.3 is 24.6 Å². The number of piperidine rings is 1. The number of rotatable bonds is 4. The van der Waals surface area contributed by atoms with Crippen LogP contribution in [0.4, 0.5) is 4.79 Å². The predicted molar refractivity (Wildman–Crippen MR) is 94.7 cm³/mol. The van der Waals surface area contributed by atoms with Crippen LogP contribution < -0.4 is 5.32 Å². The van der Waals surface area contributed by atoms with Crippen LogP contribution >= 0.6 is 0 Å². The van der Waals surface area contributed by atoms with Crippen molar-refractivity contribution in [1.82, 2.24) is 15.1 Å². The fraction of sp³-hybridized carbons (Fsp3) is 0.632. The zero-order valence-electron chi connectivity index (χ0n) is 15.2. The molecule has 0 radical (unpaired) electrons. The van der Waals surface area contributed by atoms with Crippen LogP contribution in [0.1, 0.15) is 37.9 Å². The highest BCUT2D eigenvalue weighted by Gasteiger charge is 2.52. The summed E-state index contributed by atoms with van der Waals surface area (Å²) in [5.41, 5.74) is -0.189. The zero-order chi connectivity index (χ0) is 19.0. The van der Waals surface area contributed by atoms with Gasteiger partial charge in [-0.15, -0.1) is 0 Å². The molecule has 27 heavy (non-hydrogen) atoms. The van der Waals surface area contributed by atoms with Crippen LogP contribution in [0.25, 0.3) is 0 Å². The Bertz CT molecular complexity index is 720. The second-order valence-corrected chi connectivity index (χ2v) is 8.02. The van der Waals surface area contributed by atoms with E-state index in [2.05, 4.69) is 5.32 Å². The van der Waals surface area contributed by atoms with Gasteiger partial charge >= 0.3 is 12.0 Å². The molecule has 0 bridgehead atoms. The summed E-state index contributed by atoms with van der Waals surface area (Å²) >= 11 is 0. The van der Waals surface area contributed by atoms with Gasteiger partial charge in [0.2, 0.25) is 5.91 Å². The maximum atomic E-state index is 12.5. The van der Waals surface area contributed by atoms with Crippen LogP contribution in [0.5, 0.6) is 0 Å². The topological polar surface area (TPSA) is 103 Å². The number of carbonyl (C=O) groups is 3. The number of aliphatic carboxylic acids is 1. The molecule has 8 nitrogen and oxygen atoms in total. The summed E-state index contributed by atoms with van der Waals surface area (Å²) < 4.78 is 5.21. The third-order valence-electron chi connectivity index (χ3n) is 6.11. The summed E-state index contributed by atoms with van der Waals surface area (Å²) in [6.07, 6.45) is 5.25. The summed E-state index contributed by atoms with van der Waals surface area (Å²) in [6.45, 7) is 1.99. The second kappa shape index (κ2) is 6.90. The van der Waals surface area contributed by atoms with Gasteiger partial charge in [0.15, 0.2) is 0 Å². The lowest BCUT2D eigenvalue weighted by atomic mass is 9.76. The number of furan rings is 1. The van der Waals surface area contributed by atoms with Gasteiger partial charge in [-0.25, -0.2) is 9.59 Å². The van der Waals surface area contributed by atoms with Gasteiger partial charge in [0, 0.05) is 25.6 Å². The number of carbonyl (C=O) groups excluding carboxylic acids is 2. The van der Waals surface area contributed by atoms with Gasteiger partial charge in [-0.1, -0.05) is 0 Å². The highest BCUT2D eigenvalue weighted by atomic mass is 16.4. The smallest absolute Gasteiger partial charge is 0.326 e. The molecule has 1 aliphatic carbocycles.